The molecule has 0 aromatic carbocycles. The van der Waals surface area contributed by atoms with E-state index in [1.54, 1.807) is 0 Å². The predicted octanol–water partition coefficient (Wildman–Crippen LogP) is 4.97. The number of rotatable bonds is 3. The summed E-state index contributed by atoms with van der Waals surface area (Å²) in [4.78, 5) is 2.83. The summed E-state index contributed by atoms with van der Waals surface area (Å²) >= 11 is 1.92. The summed E-state index contributed by atoms with van der Waals surface area (Å²) in [5.41, 5.74) is 7.70. The average molecular weight is 277 g/mol. The molecule has 2 heteroatoms. The molecular formula is C17H27NS. The summed E-state index contributed by atoms with van der Waals surface area (Å²) in [6.45, 7) is 7.54. The lowest BCUT2D eigenvalue weighted by atomic mass is 9.83. The molecule has 2 N–H and O–H groups in total. The van der Waals surface area contributed by atoms with Crippen LogP contribution in [0, 0.1) is 5.92 Å². The van der Waals surface area contributed by atoms with E-state index in [9.17, 15) is 0 Å². The zero-order chi connectivity index (χ0) is 13.9. The van der Waals surface area contributed by atoms with Crippen molar-refractivity contribution < 1.29 is 0 Å². The Hall–Kier alpha value is -0.600. The molecule has 19 heavy (non-hydrogen) atoms. The molecule has 1 aliphatic carbocycles. The van der Waals surface area contributed by atoms with Crippen molar-refractivity contribution in [1.82, 2.24) is 0 Å². The quantitative estimate of drug-likeness (QED) is 0.829. The van der Waals surface area contributed by atoms with E-state index in [0.717, 1.165) is 5.92 Å². The maximum absolute atomic E-state index is 5.98. The van der Waals surface area contributed by atoms with Gasteiger partial charge in [-0.2, -0.15) is 0 Å². The van der Waals surface area contributed by atoms with Crippen LogP contribution in [0.25, 0.3) is 6.08 Å². The molecule has 0 spiro atoms. The van der Waals surface area contributed by atoms with Crippen LogP contribution in [0.15, 0.2) is 17.7 Å². The molecule has 1 aromatic rings. The van der Waals surface area contributed by atoms with Gasteiger partial charge in [0.25, 0.3) is 0 Å². The summed E-state index contributed by atoms with van der Waals surface area (Å²) in [6, 6.07) is 4.52. The summed E-state index contributed by atoms with van der Waals surface area (Å²) < 4.78 is 0. The Labute approximate surface area is 121 Å². The molecule has 1 saturated carbocycles. The Morgan fingerprint density at radius 1 is 1.26 bits per heavy atom. The molecule has 0 bridgehead atoms. The maximum Gasteiger partial charge on any atom is 0.0273 e. The number of hydrogen-bond acceptors (Lipinski definition) is 2. The van der Waals surface area contributed by atoms with Crippen LogP contribution in [0.3, 0.4) is 0 Å². The standard InChI is InChI=1S/C17H27NS/c1-17(2,3)16-10-9-15(19-16)11-14(12-18)13-7-5-4-6-8-13/h9-11,13H,4-8,12,18H2,1-3H3/b14-11-. The van der Waals surface area contributed by atoms with Crippen molar-refractivity contribution in [2.75, 3.05) is 6.54 Å². The molecule has 0 unspecified atom stereocenters. The summed E-state index contributed by atoms with van der Waals surface area (Å²) in [7, 11) is 0. The minimum Gasteiger partial charge on any atom is -0.327 e. The third-order valence-corrected chi connectivity index (χ3v) is 5.52. The van der Waals surface area contributed by atoms with Crippen LogP contribution in [-0.4, -0.2) is 6.54 Å². The lowest BCUT2D eigenvalue weighted by Gasteiger charge is -2.23. The lowest BCUT2D eigenvalue weighted by molar-refractivity contribution is 0.401. The Bertz CT molecular complexity index is 430. The molecule has 1 nitrogen and oxygen atoms in total. The third kappa shape index (κ3) is 3.93. The first-order valence-corrected chi connectivity index (χ1v) is 8.33. The average Bonchev–Trinajstić information content (AvgIpc) is 2.85. The Kier molecular flexibility index (Phi) is 4.86. The van der Waals surface area contributed by atoms with Gasteiger partial charge in [-0.05, 0) is 42.4 Å². The predicted molar refractivity (Wildman–Crippen MR) is 86.6 cm³/mol. The summed E-state index contributed by atoms with van der Waals surface area (Å²) in [5.74, 6) is 0.735. The van der Waals surface area contributed by atoms with Gasteiger partial charge in [0, 0.05) is 16.3 Å². The van der Waals surface area contributed by atoms with Crippen LogP contribution in [-0.2, 0) is 5.41 Å². The van der Waals surface area contributed by atoms with Gasteiger partial charge in [-0.3, -0.25) is 0 Å². The second-order valence-corrected chi connectivity index (χ2v) is 7.83. The minimum atomic E-state index is 0.254. The third-order valence-electron chi connectivity index (χ3n) is 4.06. The summed E-state index contributed by atoms with van der Waals surface area (Å²) in [6.07, 6.45) is 9.18. The molecule has 2 rings (SSSR count). The highest BCUT2D eigenvalue weighted by molar-refractivity contribution is 7.13. The van der Waals surface area contributed by atoms with Crippen molar-refractivity contribution in [2.45, 2.75) is 58.3 Å². The van der Waals surface area contributed by atoms with E-state index in [1.807, 2.05) is 11.3 Å². The van der Waals surface area contributed by atoms with E-state index in [1.165, 1.54) is 47.4 Å². The van der Waals surface area contributed by atoms with E-state index in [4.69, 9.17) is 5.73 Å². The zero-order valence-electron chi connectivity index (χ0n) is 12.5. The molecule has 0 radical (unpaired) electrons. The topological polar surface area (TPSA) is 26.0 Å². The minimum absolute atomic E-state index is 0.254. The second kappa shape index (κ2) is 6.23. The number of hydrogen-bond donors (Lipinski definition) is 1. The molecule has 0 amide bonds. The molecule has 1 heterocycles. The van der Waals surface area contributed by atoms with Gasteiger partial charge in [-0.25, -0.2) is 0 Å². The highest BCUT2D eigenvalue weighted by Gasteiger charge is 2.18. The lowest BCUT2D eigenvalue weighted by Crippen LogP contribution is -2.15. The zero-order valence-corrected chi connectivity index (χ0v) is 13.4. The normalized spacial score (nSPS) is 18.8. The van der Waals surface area contributed by atoms with E-state index >= 15 is 0 Å². The van der Waals surface area contributed by atoms with Crippen LogP contribution in [0.5, 0.6) is 0 Å². The molecule has 1 fully saturated rings. The molecular weight excluding hydrogens is 250 g/mol. The van der Waals surface area contributed by atoms with E-state index in [0.29, 0.717) is 6.54 Å². The van der Waals surface area contributed by atoms with Crippen molar-refractivity contribution in [3.05, 3.63) is 27.5 Å². The number of thiophene rings is 1. The summed E-state index contributed by atoms with van der Waals surface area (Å²) in [5, 5.41) is 0. The Morgan fingerprint density at radius 2 is 1.95 bits per heavy atom. The molecule has 106 valence electrons. The van der Waals surface area contributed by atoms with Crippen LogP contribution >= 0.6 is 11.3 Å². The van der Waals surface area contributed by atoms with Crippen molar-refractivity contribution >= 4 is 17.4 Å². The molecule has 0 aliphatic heterocycles. The molecule has 0 atom stereocenters. The molecule has 1 aromatic heterocycles. The maximum atomic E-state index is 5.98. The highest BCUT2D eigenvalue weighted by Crippen LogP contribution is 2.33. The van der Waals surface area contributed by atoms with Gasteiger partial charge in [-0.1, -0.05) is 45.6 Å². The first-order valence-electron chi connectivity index (χ1n) is 7.51. The van der Waals surface area contributed by atoms with Gasteiger partial charge in [0.1, 0.15) is 0 Å². The van der Waals surface area contributed by atoms with Gasteiger partial charge in [0.15, 0.2) is 0 Å². The van der Waals surface area contributed by atoms with Crippen LogP contribution < -0.4 is 5.73 Å². The van der Waals surface area contributed by atoms with Gasteiger partial charge >= 0.3 is 0 Å². The SMILES string of the molecule is CC(C)(C)c1ccc(/C=C(/CN)C2CCCCC2)s1. The Morgan fingerprint density at radius 3 is 2.47 bits per heavy atom. The first kappa shape index (κ1) is 14.8. The number of nitrogens with two attached hydrogens (primary N) is 1. The Balaban J connectivity index is 2.15. The highest BCUT2D eigenvalue weighted by atomic mass is 32.1. The fraction of sp³-hybridized carbons (Fsp3) is 0.647. The van der Waals surface area contributed by atoms with Gasteiger partial charge in [-0.15, -0.1) is 11.3 Å². The van der Waals surface area contributed by atoms with Crippen LogP contribution in [0.4, 0.5) is 0 Å². The van der Waals surface area contributed by atoms with Crippen LogP contribution in [0.1, 0.15) is 62.6 Å². The van der Waals surface area contributed by atoms with Gasteiger partial charge < -0.3 is 5.73 Å². The fourth-order valence-electron chi connectivity index (χ4n) is 2.83. The van der Waals surface area contributed by atoms with Crippen molar-refractivity contribution in [1.29, 1.82) is 0 Å². The van der Waals surface area contributed by atoms with E-state index < -0.39 is 0 Å². The van der Waals surface area contributed by atoms with Gasteiger partial charge in [0.05, 0.1) is 0 Å². The first-order chi connectivity index (χ1) is 9.00. The van der Waals surface area contributed by atoms with E-state index in [-0.39, 0.29) is 5.41 Å². The monoisotopic (exact) mass is 277 g/mol. The van der Waals surface area contributed by atoms with Crippen molar-refractivity contribution in [3.8, 4) is 0 Å². The van der Waals surface area contributed by atoms with Crippen LogP contribution in [0.2, 0.25) is 0 Å². The van der Waals surface area contributed by atoms with Crippen molar-refractivity contribution in [3.63, 3.8) is 0 Å². The molecule has 0 saturated heterocycles. The fourth-order valence-corrected chi connectivity index (χ4v) is 3.88. The van der Waals surface area contributed by atoms with E-state index in [2.05, 4.69) is 39.0 Å². The largest absolute Gasteiger partial charge is 0.327 e. The molecule has 1 aliphatic rings. The smallest absolute Gasteiger partial charge is 0.0273 e. The second-order valence-electron chi connectivity index (χ2n) is 6.71. The van der Waals surface area contributed by atoms with Crippen molar-refractivity contribution in [2.24, 2.45) is 11.7 Å². The van der Waals surface area contributed by atoms with Gasteiger partial charge in [0.2, 0.25) is 0 Å².